The topological polar surface area (TPSA) is 26.3 Å². The van der Waals surface area contributed by atoms with Crippen molar-refractivity contribution in [3.05, 3.63) is 63.6 Å². The number of benzene rings is 2. The Morgan fingerprint density at radius 2 is 1.79 bits per heavy atom. The molecule has 0 saturated carbocycles. The maximum atomic E-state index is 13.4. The van der Waals surface area contributed by atoms with Crippen LogP contribution >= 0.6 is 15.9 Å². The van der Waals surface area contributed by atoms with Crippen LogP contribution in [0.3, 0.4) is 0 Å². The molecule has 5 heteroatoms. The second-order valence-corrected chi connectivity index (χ2v) is 4.55. The van der Waals surface area contributed by atoms with Gasteiger partial charge in [-0.1, -0.05) is 12.1 Å². The molecule has 0 saturated heterocycles. The van der Waals surface area contributed by atoms with Crippen LogP contribution in [-0.2, 0) is 0 Å². The lowest BCUT2D eigenvalue weighted by atomic mass is 10.0. The predicted octanol–water partition coefficient (Wildman–Crippen LogP) is 3.97. The summed E-state index contributed by atoms with van der Waals surface area (Å²) >= 11 is 2.90. The van der Waals surface area contributed by atoms with Crippen LogP contribution in [0.15, 0.2) is 40.9 Å². The normalized spacial score (nSPS) is 10.3. The summed E-state index contributed by atoms with van der Waals surface area (Å²) in [7, 11) is 1.44. The van der Waals surface area contributed by atoms with Crippen molar-refractivity contribution in [1.29, 1.82) is 0 Å². The van der Waals surface area contributed by atoms with Crippen LogP contribution in [0.4, 0.5) is 8.78 Å². The van der Waals surface area contributed by atoms with Gasteiger partial charge in [-0.25, -0.2) is 8.78 Å². The number of hydrogen-bond donors (Lipinski definition) is 0. The molecule has 0 aromatic heterocycles. The largest absolute Gasteiger partial charge is 0.496 e. The van der Waals surface area contributed by atoms with Crippen LogP contribution in [0.1, 0.15) is 15.9 Å². The Balaban J connectivity index is 2.54. The molecule has 19 heavy (non-hydrogen) atoms. The lowest BCUT2D eigenvalue weighted by Gasteiger charge is -2.09. The van der Waals surface area contributed by atoms with Crippen molar-refractivity contribution >= 4 is 21.7 Å². The quantitative estimate of drug-likeness (QED) is 0.630. The van der Waals surface area contributed by atoms with Gasteiger partial charge in [0.15, 0.2) is 17.4 Å². The molecule has 0 bridgehead atoms. The summed E-state index contributed by atoms with van der Waals surface area (Å²) in [6.07, 6.45) is 0. The van der Waals surface area contributed by atoms with Crippen LogP contribution in [0.5, 0.6) is 5.75 Å². The molecule has 0 fully saturated rings. The van der Waals surface area contributed by atoms with Gasteiger partial charge in [-0.15, -0.1) is 0 Å². The lowest BCUT2D eigenvalue weighted by Crippen LogP contribution is -2.06. The summed E-state index contributed by atoms with van der Waals surface area (Å²) in [5.74, 6) is -2.16. The van der Waals surface area contributed by atoms with E-state index in [0.717, 1.165) is 6.07 Å². The Bertz CT molecular complexity index is 641. The maximum absolute atomic E-state index is 13.4. The smallest absolute Gasteiger partial charge is 0.197 e. The Hall–Kier alpha value is -1.75. The second-order valence-electron chi connectivity index (χ2n) is 3.75. The minimum Gasteiger partial charge on any atom is -0.496 e. The Morgan fingerprint density at radius 1 is 1.11 bits per heavy atom. The van der Waals surface area contributed by atoms with Crippen molar-refractivity contribution in [2.75, 3.05) is 7.11 Å². The van der Waals surface area contributed by atoms with Gasteiger partial charge < -0.3 is 4.74 Å². The van der Waals surface area contributed by atoms with Gasteiger partial charge in [0.1, 0.15) is 5.75 Å². The van der Waals surface area contributed by atoms with Crippen LogP contribution in [-0.4, -0.2) is 12.9 Å². The summed E-state index contributed by atoms with van der Waals surface area (Å²) in [6, 6.07) is 8.73. The van der Waals surface area contributed by atoms with Gasteiger partial charge in [-0.05, 0) is 40.2 Å². The molecular formula is C14H9BrF2O2. The van der Waals surface area contributed by atoms with Gasteiger partial charge in [0, 0.05) is 5.56 Å². The van der Waals surface area contributed by atoms with Crippen molar-refractivity contribution in [3.8, 4) is 5.75 Å². The molecule has 0 unspecified atom stereocenters. The van der Waals surface area contributed by atoms with E-state index >= 15 is 0 Å². The van der Waals surface area contributed by atoms with E-state index in [-0.39, 0.29) is 15.6 Å². The van der Waals surface area contributed by atoms with E-state index < -0.39 is 17.4 Å². The predicted molar refractivity (Wildman–Crippen MR) is 70.5 cm³/mol. The number of ether oxygens (including phenoxy) is 1. The van der Waals surface area contributed by atoms with Gasteiger partial charge in [0.05, 0.1) is 17.1 Å². The minimum atomic E-state index is -1.08. The molecule has 0 amide bonds. The summed E-state index contributed by atoms with van der Waals surface area (Å²) in [5.41, 5.74) is 0.333. The first-order valence-electron chi connectivity index (χ1n) is 5.37. The molecule has 0 radical (unpaired) electrons. The number of rotatable bonds is 3. The van der Waals surface area contributed by atoms with Gasteiger partial charge in [0.25, 0.3) is 0 Å². The number of ketones is 1. The molecule has 0 aliphatic carbocycles. The van der Waals surface area contributed by atoms with Crippen molar-refractivity contribution < 1.29 is 18.3 Å². The van der Waals surface area contributed by atoms with Gasteiger partial charge in [0.2, 0.25) is 0 Å². The molecule has 0 aliphatic heterocycles. The zero-order valence-corrected chi connectivity index (χ0v) is 11.5. The number of carbonyl (C=O) groups is 1. The molecule has 2 nitrogen and oxygen atoms in total. The summed E-state index contributed by atoms with van der Waals surface area (Å²) in [5, 5.41) is 0. The number of carbonyl (C=O) groups excluding carboxylic acids is 1. The highest BCUT2D eigenvalue weighted by atomic mass is 79.9. The third-order valence-electron chi connectivity index (χ3n) is 2.63. The highest BCUT2D eigenvalue weighted by Gasteiger charge is 2.20. The van der Waals surface area contributed by atoms with Gasteiger partial charge >= 0.3 is 0 Å². The van der Waals surface area contributed by atoms with E-state index in [4.69, 9.17) is 4.74 Å². The van der Waals surface area contributed by atoms with Crippen LogP contribution in [0, 0.1) is 11.6 Å². The fourth-order valence-corrected chi connectivity index (χ4v) is 2.18. The highest BCUT2D eigenvalue weighted by molar-refractivity contribution is 9.10. The molecule has 98 valence electrons. The van der Waals surface area contributed by atoms with Crippen molar-refractivity contribution in [2.45, 2.75) is 0 Å². The minimum absolute atomic E-state index is 0.0448. The van der Waals surface area contributed by atoms with Crippen LogP contribution in [0.25, 0.3) is 0 Å². The molecule has 0 heterocycles. The van der Waals surface area contributed by atoms with E-state index in [9.17, 15) is 13.6 Å². The summed E-state index contributed by atoms with van der Waals surface area (Å²) in [4.78, 5) is 12.3. The molecule has 2 aromatic rings. The Kier molecular flexibility index (Phi) is 3.95. The first-order chi connectivity index (χ1) is 9.06. The average Bonchev–Trinajstić information content (AvgIpc) is 2.44. The van der Waals surface area contributed by atoms with Gasteiger partial charge in [-0.2, -0.15) is 0 Å². The number of halogens is 3. The molecule has 0 spiro atoms. The van der Waals surface area contributed by atoms with Gasteiger partial charge in [-0.3, -0.25) is 4.79 Å². The van der Waals surface area contributed by atoms with Crippen molar-refractivity contribution in [3.63, 3.8) is 0 Å². The highest BCUT2D eigenvalue weighted by Crippen LogP contribution is 2.28. The fraction of sp³-hybridized carbons (Fsp3) is 0.0714. The second kappa shape index (κ2) is 5.48. The molecule has 2 aromatic carbocycles. The van der Waals surface area contributed by atoms with E-state index in [1.807, 2.05) is 0 Å². The van der Waals surface area contributed by atoms with E-state index in [1.54, 1.807) is 24.3 Å². The number of para-hydroxylation sites is 1. The zero-order chi connectivity index (χ0) is 14.0. The number of methoxy groups -OCH3 is 1. The van der Waals surface area contributed by atoms with E-state index in [2.05, 4.69) is 15.9 Å². The maximum Gasteiger partial charge on any atom is 0.197 e. The Labute approximate surface area is 117 Å². The molecule has 0 atom stereocenters. The SMILES string of the molecule is COc1ccccc1C(=O)c1ccc(F)c(F)c1Br. The van der Waals surface area contributed by atoms with E-state index in [0.29, 0.717) is 5.75 Å². The summed E-state index contributed by atoms with van der Waals surface area (Å²) < 4.78 is 31.4. The van der Waals surface area contributed by atoms with Crippen molar-refractivity contribution in [1.82, 2.24) is 0 Å². The van der Waals surface area contributed by atoms with Crippen molar-refractivity contribution in [2.24, 2.45) is 0 Å². The average molecular weight is 327 g/mol. The third-order valence-corrected chi connectivity index (χ3v) is 3.41. The van der Waals surface area contributed by atoms with Crippen LogP contribution < -0.4 is 4.74 Å². The summed E-state index contributed by atoms with van der Waals surface area (Å²) in [6.45, 7) is 0. The third kappa shape index (κ3) is 2.51. The standard InChI is InChI=1S/C14H9BrF2O2/c1-19-11-5-3-2-4-8(11)14(18)9-6-7-10(16)13(17)12(9)15/h2-7H,1H3. The van der Waals surface area contributed by atoms with E-state index in [1.165, 1.54) is 13.2 Å². The first kappa shape index (κ1) is 13.7. The molecular weight excluding hydrogens is 318 g/mol. The zero-order valence-electron chi connectivity index (χ0n) is 9.91. The molecule has 0 aliphatic rings. The molecule has 2 rings (SSSR count). The lowest BCUT2D eigenvalue weighted by molar-refractivity contribution is 0.103. The number of hydrogen-bond acceptors (Lipinski definition) is 2. The first-order valence-corrected chi connectivity index (χ1v) is 6.16. The Morgan fingerprint density at radius 3 is 2.47 bits per heavy atom. The monoisotopic (exact) mass is 326 g/mol. The van der Waals surface area contributed by atoms with Crippen LogP contribution in [0.2, 0.25) is 0 Å². The molecule has 0 N–H and O–H groups in total. The fourth-order valence-electron chi connectivity index (χ4n) is 1.68.